The minimum atomic E-state index is -0.834. The molecule has 2 fully saturated rings. The van der Waals surface area contributed by atoms with Crippen molar-refractivity contribution in [2.75, 3.05) is 47.1 Å². The van der Waals surface area contributed by atoms with Gasteiger partial charge in [0.25, 0.3) is 5.91 Å². The zero-order valence-corrected chi connectivity index (χ0v) is 15.4. The minimum absolute atomic E-state index is 0.0795. The van der Waals surface area contributed by atoms with Gasteiger partial charge in [0.05, 0.1) is 13.2 Å². The van der Waals surface area contributed by atoms with Gasteiger partial charge in [-0.2, -0.15) is 0 Å². The highest BCUT2D eigenvalue weighted by Gasteiger charge is 2.55. The normalized spacial score (nSPS) is 26.2. The molecule has 25 heavy (non-hydrogen) atoms. The first kappa shape index (κ1) is 19.7. The molecule has 0 radical (unpaired) electrons. The van der Waals surface area contributed by atoms with Crippen molar-refractivity contribution in [3.05, 3.63) is 0 Å². The summed E-state index contributed by atoms with van der Waals surface area (Å²) in [5.74, 6) is -0.467. The van der Waals surface area contributed by atoms with Gasteiger partial charge in [-0.05, 0) is 18.8 Å². The van der Waals surface area contributed by atoms with Crippen LogP contribution in [0.1, 0.15) is 32.6 Å². The van der Waals surface area contributed by atoms with Crippen molar-refractivity contribution in [3.63, 3.8) is 0 Å². The molecule has 0 aromatic rings. The summed E-state index contributed by atoms with van der Waals surface area (Å²) >= 11 is 0. The van der Waals surface area contributed by atoms with Crippen LogP contribution in [0.4, 0.5) is 4.79 Å². The number of hydrogen-bond acceptors (Lipinski definition) is 5. The molecule has 2 rings (SSSR count). The summed E-state index contributed by atoms with van der Waals surface area (Å²) in [5.41, 5.74) is -0.834. The van der Waals surface area contributed by atoms with Gasteiger partial charge in [-0.3, -0.25) is 14.5 Å². The molecule has 1 aliphatic carbocycles. The molecule has 1 heterocycles. The van der Waals surface area contributed by atoms with E-state index in [2.05, 4.69) is 5.32 Å². The van der Waals surface area contributed by atoms with Crippen LogP contribution >= 0.6 is 0 Å². The Labute approximate surface area is 148 Å². The average Bonchev–Trinajstić information content (AvgIpc) is 2.83. The summed E-state index contributed by atoms with van der Waals surface area (Å²) in [6, 6.07) is -0.467. The first-order chi connectivity index (χ1) is 12.0. The largest absolute Gasteiger partial charge is 0.383 e. The van der Waals surface area contributed by atoms with Gasteiger partial charge in [0.1, 0.15) is 12.1 Å². The van der Waals surface area contributed by atoms with Crippen LogP contribution in [-0.4, -0.2) is 80.3 Å². The first-order valence-corrected chi connectivity index (χ1v) is 8.86. The summed E-state index contributed by atoms with van der Waals surface area (Å²) in [4.78, 5) is 40.5. The molecule has 2 atom stereocenters. The van der Waals surface area contributed by atoms with Crippen LogP contribution in [-0.2, 0) is 19.1 Å². The molecule has 1 N–H and O–H groups in total. The van der Waals surface area contributed by atoms with Crippen LogP contribution in [0.2, 0.25) is 0 Å². The molecule has 0 unspecified atom stereocenters. The van der Waals surface area contributed by atoms with Gasteiger partial charge in [0, 0.05) is 27.3 Å². The van der Waals surface area contributed by atoms with E-state index >= 15 is 0 Å². The van der Waals surface area contributed by atoms with Crippen molar-refractivity contribution in [2.45, 2.75) is 38.1 Å². The summed E-state index contributed by atoms with van der Waals surface area (Å²) in [7, 11) is 3.12. The van der Waals surface area contributed by atoms with Crippen molar-refractivity contribution < 1.29 is 23.9 Å². The van der Waals surface area contributed by atoms with Crippen molar-refractivity contribution in [1.82, 2.24) is 15.1 Å². The number of carbonyl (C=O) groups is 3. The minimum Gasteiger partial charge on any atom is -0.383 e. The average molecular weight is 355 g/mol. The number of carbonyl (C=O) groups excluding carboxylic acids is 3. The van der Waals surface area contributed by atoms with E-state index in [-0.39, 0.29) is 24.3 Å². The predicted octanol–water partition coefficient (Wildman–Crippen LogP) is 0.609. The van der Waals surface area contributed by atoms with Crippen molar-refractivity contribution >= 4 is 17.8 Å². The van der Waals surface area contributed by atoms with Crippen LogP contribution in [0.25, 0.3) is 0 Å². The molecule has 1 saturated heterocycles. The van der Waals surface area contributed by atoms with E-state index in [4.69, 9.17) is 9.47 Å². The molecule has 4 amide bonds. The summed E-state index contributed by atoms with van der Waals surface area (Å²) in [6.07, 6.45) is 3.51. The van der Waals surface area contributed by atoms with Gasteiger partial charge in [-0.1, -0.05) is 19.8 Å². The van der Waals surface area contributed by atoms with Crippen LogP contribution in [0.5, 0.6) is 0 Å². The monoisotopic (exact) mass is 355 g/mol. The van der Waals surface area contributed by atoms with E-state index in [1.54, 1.807) is 19.1 Å². The fourth-order valence-corrected chi connectivity index (χ4v) is 3.64. The third-order valence-corrected chi connectivity index (χ3v) is 5.28. The topological polar surface area (TPSA) is 88.2 Å². The number of methoxy groups -OCH3 is 2. The van der Waals surface area contributed by atoms with E-state index in [0.717, 1.165) is 24.2 Å². The lowest BCUT2D eigenvalue weighted by atomic mass is 9.73. The zero-order valence-electron chi connectivity index (χ0n) is 15.4. The lowest BCUT2D eigenvalue weighted by molar-refractivity contribution is -0.141. The van der Waals surface area contributed by atoms with Crippen LogP contribution in [0.15, 0.2) is 0 Å². The standard InChI is InChI=1S/C17H29N3O5/c1-13-6-4-5-7-17(13)15(22)20(16(23)18-17)12-14(21)19(8-10-24-2)9-11-25-3/h13H,4-12H2,1-3H3,(H,18,23)/t13-,17-/m1/s1. The lowest BCUT2D eigenvalue weighted by Crippen LogP contribution is -2.54. The van der Waals surface area contributed by atoms with Crippen LogP contribution in [0, 0.1) is 5.92 Å². The van der Waals surface area contributed by atoms with Gasteiger partial charge in [-0.15, -0.1) is 0 Å². The molecule has 0 aromatic heterocycles. The Kier molecular flexibility index (Phi) is 6.78. The maximum atomic E-state index is 12.9. The molecule has 0 bridgehead atoms. The molecule has 8 heteroatoms. The third kappa shape index (κ3) is 4.12. The van der Waals surface area contributed by atoms with E-state index in [9.17, 15) is 14.4 Å². The quantitative estimate of drug-likeness (QED) is 0.645. The van der Waals surface area contributed by atoms with Crippen LogP contribution < -0.4 is 5.32 Å². The SMILES string of the molecule is COCCN(CCOC)C(=O)CN1C(=O)N[C@@]2(CCCC[C@H]2C)C1=O. The molecule has 142 valence electrons. The number of nitrogens with one attached hydrogen (secondary N) is 1. The fourth-order valence-electron chi connectivity index (χ4n) is 3.64. The number of imide groups is 1. The molecular formula is C17H29N3O5. The molecule has 1 saturated carbocycles. The number of ether oxygens (including phenoxy) is 2. The van der Waals surface area contributed by atoms with Crippen molar-refractivity contribution in [3.8, 4) is 0 Å². The van der Waals surface area contributed by atoms with Gasteiger partial charge in [0.2, 0.25) is 5.91 Å². The number of nitrogens with zero attached hydrogens (tertiary/aromatic N) is 2. The number of urea groups is 1. The smallest absolute Gasteiger partial charge is 0.325 e. The van der Waals surface area contributed by atoms with E-state index in [1.807, 2.05) is 6.92 Å². The molecule has 1 aliphatic heterocycles. The summed E-state index contributed by atoms with van der Waals surface area (Å²) in [5, 5.41) is 2.87. The lowest BCUT2D eigenvalue weighted by Gasteiger charge is -2.36. The van der Waals surface area contributed by atoms with Gasteiger partial charge >= 0.3 is 6.03 Å². The van der Waals surface area contributed by atoms with E-state index in [0.29, 0.717) is 32.7 Å². The first-order valence-electron chi connectivity index (χ1n) is 8.86. The Hall–Kier alpha value is -1.67. The summed E-state index contributed by atoms with van der Waals surface area (Å²) in [6.45, 7) is 3.31. The zero-order chi connectivity index (χ0) is 18.4. The Morgan fingerprint density at radius 2 is 1.88 bits per heavy atom. The predicted molar refractivity (Wildman–Crippen MR) is 90.9 cm³/mol. The van der Waals surface area contributed by atoms with E-state index in [1.165, 1.54) is 0 Å². The highest BCUT2D eigenvalue weighted by atomic mass is 16.5. The number of rotatable bonds is 8. The third-order valence-electron chi connectivity index (χ3n) is 5.28. The highest BCUT2D eigenvalue weighted by Crippen LogP contribution is 2.38. The van der Waals surface area contributed by atoms with Gasteiger partial charge in [0.15, 0.2) is 0 Å². The molecule has 0 aromatic carbocycles. The Bertz CT molecular complexity index is 505. The highest BCUT2D eigenvalue weighted by molar-refractivity contribution is 6.09. The molecule has 2 aliphatic rings. The number of hydrogen-bond donors (Lipinski definition) is 1. The fraction of sp³-hybridized carbons (Fsp3) is 0.824. The Morgan fingerprint density at radius 1 is 1.24 bits per heavy atom. The van der Waals surface area contributed by atoms with Crippen molar-refractivity contribution in [2.24, 2.45) is 5.92 Å². The molecule has 8 nitrogen and oxygen atoms in total. The second-order valence-corrected chi connectivity index (χ2v) is 6.81. The Balaban J connectivity index is 2.05. The number of amides is 4. The maximum Gasteiger partial charge on any atom is 0.325 e. The Morgan fingerprint density at radius 3 is 2.44 bits per heavy atom. The van der Waals surface area contributed by atoms with E-state index < -0.39 is 11.6 Å². The second kappa shape index (κ2) is 8.62. The molecular weight excluding hydrogens is 326 g/mol. The van der Waals surface area contributed by atoms with Crippen LogP contribution in [0.3, 0.4) is 0 Å². The van der Waals surface area contributed by atoms with Gasteiger partial charge in [-0.25, -0.2) is 4.79 Å². The maximum absolute atomic E-state index is 12.9. The van der Waals surface area contributed by atoms with Crippen molar-refractivity contribution in [1.29, 1.82) is 0 Å². The van der Waals surface area contributed by atoms with Gasteiger partial charge < -0.3 is 19.7 Å². The second-order valence-electron chi connectivity index (χ2n) is 6.81. The molecule has 1 spiro atoms. The summed E-state index contributed by atoms with van der Waals surface area (Å²) < 4.78 is 10.0.